The van der Waals surface area contributed by atoms with Gasteiger partial charge in [-0.25, -0.2) is 4.79 Å². The lowest BCUT2D eigenvalue weighted by Gasteiger charge is -2.29. The number of ether oxygens (including phenoxy) is 1. The maximum atomic E-state index is 12.5. The second kappa shape index (κ2) is 9.33. The van der Waals surface area contributed by atoms with E-state index in [0.717, 1.165) is 5.56 Å². The van der Waals surface area contributed by atoms with E-state index in [-0.39, 0.29) is 24.6 Å². The first-order chi connectivity index (χ1) is 13.0. The Morgan fingerprint density at radius 2 is 1.74 bits per heavy atom. The molecule has 2 aromatic rings. The molecule has 0 heterocycles. The first-order valence-corrected chi connectivity index (χ1v) is 8.29. The normalized spacial score (nSPS) is 11.3. The third kappa shape index (κ3) is 5.27. The van der Waals surface area contributed by atoms with E-state index < -0.39 is 17.1 Å². The van der Waals surface area contributed by atoms with Crippen molar-refractivity contribution in [3.05, 3.63) is 75.8 Å². The molecule has 0 spiro atoms. The van der Waals surface area contributed by atoms with Gasteiger partial charge >= 0.3 is 6.09 Å². The number of nitrogens with one attached hydrogen (secondary N) is 1. The van der Waals surface area contributed by atoms with Crippen molar-refractivity contribution in [1.82, 2.24) is 10.2 Å². The maximum absolute atomic E-state index is 12.5. The molecule has 0 saturated carbocycles. The Labute approximate surface area is 156 Å². The summed E-state index contributed by atoms with van der Waals surface area (Å²) in [6.07, 6.45) is -0.436. The molecule has 2 amide bonds. The summed E-state index contributed by atoms with van der Waals surface area (Å²) in [6.45, 7) is 0.193. The van der Waals surface area contributed by atoms with Crippen molar-refractivity contribution in [3.8, 4) is 0 Å². The minimum Gasteiger partial charge on any atom is -0.453 e. The van der Waals surface area contributed by atoms with Crippen LogP contribution in [0.25, 0.3) is 0 Å². The van der Waals surface area contributed by atoms with Gasteiger partial charge in [-0.1, -0.05) is 42.5 Å². The zero-order chi connectivity index (χ0) is 19.8. The highest BCUT2D eigenvalue weighted by Crippen LogP contribution is 2.18. The molecule has 0 aromatic heterocycles. The molecule has 2 rings (SSSR count). The second-order valence-corrected chi connectivity index (χ2v) is 5.84. The van der Waals surface area contributed by atoms with Gasteiger partial charge in [-0.3, -0.25) is 19.8 Å². The van der Waals surface area contributed by atoms with Crippen LogP contribution in [0, 0.1) is 10.1 Å². The van der Waals surface area contributed by atoms with E-state index in [1.165, 1.54) is 31.2 Å². The van der Waals surface area contributed by atoms with Crippen LogP contribution in [0.5, 0.6) is 0 Å². The first kappa shape index (κ1) is 19.9. The number of hydrogen-bond donors (Lipinski definition) is 1. The molecule has 0 fully saturated rings. The van der Waals surface area contributed by atoms with Gasteiger partial charge in [0.2, 0.25) is 5.91 Å². The van der Waals surface area contributed by atoms with Crippen LogP contribution in [0.4, 0.5) is 10.5 Å². The standard InChI is InChI=1S/C19H21N3O5/c1-20-18(23)17(12-14-8-10-16(11-9-14)22(25)26)21(19(24)27-2)13-15-6-4-3-5-7-15/h3-11,17H,12-13H2,1-2H3,(H,20,23)/t17-/m0/s1. The van der Waals surface area contributed by atoms with Crippen molar-refractivity contribution in [2.24, 2.45) is 0 Å². The summed E-state index contributed by atoms with van der Waals surface area (Å²) in [5, 5.41) is 13.4. The summed E-state index contributed by atoms with van der Waals surface area (Å²) in [5.41, 5.74) is 1.50. The predicted molar refractivity (Wildman–Crippen MR) is 99.0 cm³/mol. The molecule has 0 aliphatic rings. The number of carbonyl (C=O) groups is 2. The van der Waals surface area contributed by atoms with Crippen LogP contribution in [-0.2, 0) is 22.5 Å². The fourth-order valence-electron chi connectivity index (χ4n) is 2.69. The fraction of sp³-hybridized carbons (Fsp3) is 0.263. The number of nitro groups is 1. The van der Waals surface area contributed by atoms with Gasteiger partial charge < -0.3 is 10.1 Å². The maximum Gasteiger partial charge on any atom is 0.410 e. The zero-order valence-electron chi connectivity index (χ0n) is 15.1. The first-order valence-electron chi connectivity index (χ1n) is 8.29. The van der Waals surface area contributed by atoms with Gasteiger partial charge in [0, 0.05) is 32.1 Å². The van der Waals surface area contributed by atoms with Crippen molar-refractivity contribution in [3.63, 3.8) is 0 Å². The molecule has 27 heavy (non-hydrogen) atoms. The SMILES string of the molecule is CNC(=O)[C@H](Cc1ccc([N+](=O)[O-])cc1)N(Cc1ccccc1)C(=O)OC. The van der Waals surface area contributed by atoms with Crippen molar-refractivity contribution in [1.29, 1.82) is 0 Å². The van der Waals surface area contributed by atoms with Gasteiger partial charge in [-0.05, 0) is 11.1 Å². The minimum absolute atomic E-state index is 0.0376. The molecule has 1 atom stereocenters. The van der Waals surface area contributed by atoms with E-state index in [9.17, 15) is 19.7 Å². The lowest BCUT2D eigenvalue weighted by Crippen LogP contribution is -2.49. The number of likely N-dealkylation sites (N-methyl/N-ethyl adjacent to an activating group) is 1. The molecule has 0 aliphatic heterocycles. The largest absolute Gasteiger partial charge is 0.453 e. The minimum atomic E-state index is -0.830. The van der Waals surface area contributed by atoms with Gasteiger partial charge in [0.05, 0.1) is 12.0 Å². The third-order valence-electron chi connectivity index (χ3n) is 4.11. The molecule has 1 N–H and O–H groups in total. The molecule has 0 aliphatic carbocycles. The van der Waals surface area contributed by atoms with E-state index in [1.807, 2.05) is 30.3 Å². The van der Waals surface area contributed by atoms with Crippen molar-refractivity contribution >= 4 is 17.7 Å². The van der Waals surface area contributed by atoms with E-state index in [4.69, 9.17) is 4.74 Å². The van der Waals surface area contributed by atoms with Crippen LogP contribution in [0.15, 0.2) is 54.6 Å². The molecule has 8 nitrogen and oxygen atoms in total. The predicted octanol–water partition coefficient (Wildman–Crippen LogP) is 2.52. The van der Waals surface area contributed by atoms with Crippen LogP contribution in [0.3, 0.4) is 0 Å². The van der Waals surface area contributed by atoms with E-state index >= 15 is 0 Å². The smallest absolute Gasteiger partial charge is 0.410 e. The highest BCUT2D eigenvalue weighted by Gasteiger charge is 2.30. The Kier molecular flexibility index (Phi) is 6.87. The summed E-state index contributed by atoms with van der Waals surface area (Å²) in [7, 11) is 2.75. The highest BCUT2D eigenvalue weighted by atomic mass is 16.6. The van der Waals surface area contributed by atoms with Crippen molar-refractivity contribution in [2.45, 2.75) is 19.0 Å². The van der Waals surface area contributed by atoms with Crippen LogP contribution < -0.4 is 5.32 Å². The molecule has 0 radical (unpaired) electrons. The highest BCUT2D eigenvalue weighted by molar-refractivity contribution is 5.85. The number of amides is 2. The van der Waals surface area contributed by atoms with Crippen LogP contribution in [0.1, 0.15) is 11.1 Å². The Morgan fingerprint density at radius 3 is 2.26 bits per heavy atom. The molecule has 2 aromatic carbocycles. The van der Waals surface area contributed by atoms with Gasteiger partial charge in [0.15, 0.2) is 0 Å². The van der Waals surface area contributed by atoms with Crippen molar-refractivity contribution < 1.29 is 19.2 Å². The Morgan fingerprint density at radius 1 is 1.11 bits per heavy atom. The number of benzene rings is 2. The number of hydrogen-bond acceptors (Lipinski definition) is 5. The summed E-state index contributed by atoms with van der Waals surface area (Å²) in [5.74, 6) is -0.352. The molecular formula is C19H21N3O5. The van der Waals surface area contributed by atoms with Gasteiger partial charge in [0.25, 0.3) is 5.69 Å². The quantitative estimate of drug-likeness (QED) is 0.595. The van der Waals surface area contributed by atoms with E-state index in [0.29, 0.717) is 5.56 Å². The van der Waals surface area contributed by atoms with Gasteiger partial charge in [-0.2, -0.15) is 0 Å². The van der Waals surface area contributed by atoms with Crippen LogP contribution in [0.2, 0.25) is 0 Å². The monoisotopic (exact) mass is 371 g/mol. The molecule has 142 valence electrons. The summed E-state index contributed by atoms with van der Waals surface area (Å²) in [4.78, 5) is 36.5. The van der Waals surface area contributed by atoms with Crippen LogP contribution in [-0.4, -0.2) is 42.0 Å². The number of rotatable bonds is 7. The summed E-state index contributed by atoms with van der Waals surface area (Å²) < 4.78 is 4.87. The fourth-order valence-corrected chi connectivity index (χ4v) is 2.69. The van der Waals surface area contributed by atoms with Gasteiger partial charge in [0.1, 0.15) is 6.04 Å². The van der Waals surface area contributed by atoms with Crippen LogP contribution >= 0.6 is 0 Å². The average Bonchev–Trinajstić information content (AvgIpc) is 2.70. The second-order valence-electron chi connectivity index (χ2n) is 5.84. The molecular weight excluding hydrogens is 350 g/mol. The molecule has 0 unspecified atom stereocenters. The molecule has 0 bridgehead atoms. The number of nitro benzene ring substituents is 1. The lowest BCUT2D eigenvalue weighted by molar-refractivity contribution is -0.384. The Bertz CT molecular complexity index is 793. The number of carbonyl (C=O) groups excluding carboxylic acids is 2. The molecule has 0 saturated heterocycles. The van der Waals surface area contributed by atoms with E-state index in [2.05, 4.69) is 5.32 Å². The van der Waals surface area contributed by atoms with Crippen molar-refractivity contribution in [2.75, 3.05) is 14.2 Å². The molecule has 8 heteroatoms. The number of methoxy groups -OCH3 is 1. The topological polar surface area (TPSA) is 102 Å². The third-order valence-corrected chi connectivity index (χ3v) is 4.11. The number of non-ortho nitro benzene ring substituents is 1. The van der Waals surface area contributed by atoms with E-state index in [1.54, 1.807) is 12.1 Å². The summed E-state index contributed by atoms with van der Waals surface area (Å²) in [6, 6.07) is 14.3. The Hall–Kier alpha value is -3.42. The van der Waals surface area contributed by atoms with Gasteiger partial charge in [-0.15, -0.1) is 0 Å². The summed E-state index contributed by atoms with van der Waals surface area (Å²) >= 11 is 0. The zero-order valence-corrected chi connectivity index (χ0v) is 15.1. The number of nitrogens with zero attached hydrogens (tertiary/aromatic N) is 2. The average molecular weight is 371 g/mol. The Balaban J connectivity index is 2.30. The lowest BCUT2D eigenvalue weighted by atomic mass is 10.0.